The van der Waals surface area contributed by atoms with Crippen LogP contribution in [0.3, 0.4) is 0 Å². The summed E-state index contributed by atoms with van der Waals surface area (Å²) in [7, 11) is 0. The van der Waals surface area contributed by atoms with E-state index in [2.05, 4.69) is 56.2 Å². The molecule has 2 rings (SSSR count). The minimum atomic E-state index is 0.358. The van der Waals surface area contributed by atoms with Crippen molar-refractivity contribution in [3.8, 4) is 10.6 Å². The number of thiazole rings is 1. The predicted molar refractivity (Wildman–Crippen MR) is 80.5 cm³/mol. The average molecular weight is 278 g/mol. The van der Waals surface area contributed by atoms with Crippen molar-refractivity contribution in [1.29, 1.82) is 0 Å². The molecular weight excluding hydrogens is 256 g/mol. The number of aryl methyl sites for hydroxylation is 1. The Morgan fingerprint density at radius 3 is 2.68 bits per heavy atom. The minimum Gasteiger partial charge on any atom is -0.310 e. The monoisotopic (exact) mass is 278 g/mol. The molecule has 0 saturated heterocycles. The topological polar surface area (TPSA) is 42.7 Å². The predicted octanol–water partition coefficient (Wildman–Crippen LogP) is 3.57. The molecule has 2 aromatic rings. The van der Waals surface area contributed by atoms with Gasteiger partial charge >= 0.3 is 0 Å². The summed E-state index contributed by atoms with van der Waals surface area (Å²) in [5.41, 5.74) is 2.22. The van der Waals surface area contributed by atoms with Crippen LogP contribution in [0.25, 0.3) is 10.6 Å². The number of hydrogen-bond donors (Lipinski definition) is 1. The highest BCUT2D eigenvalue weighted by Gasteiger charge is 2.15. The van der Waals surface area contributed by atoms with Crippen LogP contribution in [0.2, 0.25) is 0 Å². The van der Waals surface area contributed by atoms with Gasteiger partial charge in [-0.2, -0.15) is 5.10 Å². The molecule has 0 bridgehead atoms. The maximum absolute atomic E-state index is 4.68. The fraction of sp³-hybridized carbons (Fsp3) is 0.571. The molecule has 2 heterocycles. The summed E-state index contributed by atoms with van der Waals surface area (Å²) in [6.45, 7) is 11.6. The van der Waals surface area contributed by atoms with Gasteiger partial charge in [0.05, 0.1) is 11.9 Å². The Kier molecular flexibility index (Phi) is 4.37. The lowest BCUT2D eigenvalue weighted by Crippen LogP contribution is -2.17. The highest BCUT2D eigenvalue weighted by molar-refractivity contribution is 7.15. The van der Waals surface area contributed by atoms with E-state index in [4.69, 9.17) is 0 Å². The molecular formula is C14H22N4S. The zero-order valence-corrected chi connectivity index (χ0v) is 13.1. The first-order valence-electron chi connectivity index (χ1n) is 6.78. The smallest absolute Gasteiger partial charge is 0.127 e. The van der Waals surface area contributed by atoms with E-state index < -0.39 is 0 Å². The molecule has 1 atom stereocenters. The van der Waals surface area contributed by atoms with Gasteiger partial charge in [0, 0.05) is 28.7 Å². The highest BCUT2D eigenvalue weighted by atomic mass is 32.1. The van der Waals surface area contributed by atoms with Gasteiger partial charge in [0.2, 0.25) is 0 Å². The summed E-state index contributed by atoms with van der Waals surface area (Å²) < 4.78 is 1.97. The Morgan fingerprint density at radius 2 is 2.11 bits per heavy atom. The zero-order valence-electron chi connectivity index (χ0n) is 12.3. The zero-order chi connectivity index (χ0) is 14.0. The van der Waals surface area contributed by atoms with Crippen molar-refractivity contribution in [2.24, 2.45) is 0 Å². The van der Waals surface area contributed by atoms with E-state index in [-0.39, 0.29) is 0 Å². The maximum Gasteiger partial charge on any atom is 0.127 e. The lowest BCUT2D eigenvalue weighted by Gasteiger charge is -2.09. The second-order valence-corrected chi connectivity index (χ2v) is 6.08. The molecule has 104 valence electrons. The van der Waals surface area contributed by atoms with Crippen LogP contribution in [0, 0.1) is 6.92 Å². The van der Waals surface area contributed by atoms with Crippen LogP contribution in [-0.4, -0.2) is 21.3 Å². The van der Waals surface area contributed by atoms with Crippen LogP contribution in [0.4, 0.5) is 0 Å². The van der Waals surface area contributed by atoms with Crippen molar-refractivity contribution >= 4 is 11.3 Å². The Balaban J connectivity index is 2.28. The summed E-state index contributed by atoms with van der Waals surface area (Å²) in [5.74, 6) is 0. The van der Waals surface area contributed by atoms with Crippen LogP contribution in [0.5, 0.6) is 0 Å². The summed E-state index contributed by atoms with van der Waals surface area (Å²) in [6.07, 6.45) is 3.98. The molecule has 2 aromatic heterocycles. The molecule has 0 aromatic carbocycles. The van der Waals surface area contributed by atoms with Gasteiger partial charge in [-0.05, 0) is 34.2 Å². The van der Waals surface area contributed by atoms with Crippen molar-refractivity contribution in [3.05, 3.63) is 23.0 Å². The molecule has 0 spiro atoms. The molecule has 0 fully saturated rings. The van der Waals surface area contributed by atoms with Gasteiger partial charge in [0.1, 0.15) is 5.01 Å². The van der Waals surface area contributed by atoms with Gasteiger partial charge in [-0.1, -0.05) is 6.92 Å². The number of nitrogens with zero attached hydrogens (tertiary/aromatic N) is 3. The number of nitrogens with one attached hydrogen (secondary N) is 1. The van der Waals surface area contributed by atoms with Gasteiger partial charge < -0.3 is 5.32 Å². The van der Waals surface area contributed by atoms with E-state index in [9.17, 15) is 0 Å². The molecule has 5 heteroatoms. The first-order chi connectivity index (χ1) is 9.02. The normalized spacial score (nSPS) is 13.2. The molecule has 0 saturated carbocycles. The van der Waals surface area contributed by atoms with Crippen LogP contribution >= 0.6 is 11.3 Å². The average Bonchev–Trinajstić information content (AvgIpc) is 2.95. The molecule has 1 N–H and O–H groups in total. The lowest BCUT2D eigenvalue weighted by molar-refractivity contribution is 0.532. The van der Waals surface area contributed by atoms with Crippen LogP contribution in [0.15, 0.2) is 12.4 Å². The van der Waals surface area contributed by atoms with Crippen molar-refractivity contribution < 1.29 is 0 Å². The van der Waals surface area contributed by atoms with Gasteiger partial charge in [-0.3, -0.25) is 4.68 Å². The largest absolute Gasteiger partial charge is 0.310 e. The third-order valence-electron chi connectivity index (χ3n) is 3.11. The second-order valence-electron chi connectivity index (χ2n) is 5.05. The SMILES string of the molecule is CCNC(C)c1sc(-c2cnn(C(C)C)c2)nc1C. The van der Waals surface area contributed by atoms with Crippen molar-refractivity contribution in [1.82, 2.24) is 20.1 Å². The van der Waals surface area contributed by atoms with Crippen molar-refractivity contribution in [2.75, 3.05) is 6.54 Å². The number of hydrogen-bond acceptors (Lipinski definition) is 4. The fourth-order valence-electron chi connectivity index (χ4n) is 2.06. The van der Waals surface area contributed by atoms with Crippen LogP contribution < -0.4 is 5.32 Å². The fourth-order valence-corrected chi connectivity index (χ4v) is 3.13. The van der Waals surface area contributed by atoms with Crippen molar-refractivity contribution in [3.63, 3.8) is 0 Å². The van der Waals surface area contributed by atoms with Gasteiger partial charge in [0.15, 0.2) is 0 Å². The van der Waals surface area contributed by atoms with E-state index in [0.29, 0.717) is 12.1 Å². The quantitative estimate of drug-likeness (QED) is 0.909. The molecule has 4 nitrogen and oxygen atoms in total. The van der Waals surface area contributed by atoms with E-state index in [0.717, 1.165) is 22.8 Å². The molecule has 0 aliphatic heterocycles. The third kappa shape index (κ3) is 3.04. The maximum atomic E-state index is 4.68. The summed E-state index contributed by atoms with van der Waals surface area (Å²) >= 11 is 1.76. The van der Waals surface area contributed by atoms with Crippen LogP contribution in [-0.2, 0) is 0 Å². The van der Waals surface area contributed by atoms with E-state index in [1.165, 1.54) is 4.88 Å². The van der Waals surface area contributed by atoms with E-state index in [1.54, 1.807) is 11.3 Å². The van der Waals surface area contributed by atoms with Gasteiger partial charge in [-0.25, -0.2) is 4.98 Å². The molecule has 0 aliphatic carbocycles. The molecule has 0 radical (unpaired) electrons. The van der Waals surface area contributed by atoms with Crippen LogP contribution in [0.1, 0.15) is 50.3 Å². The Morgan fingerprint density at radius 1 is 1.37 bits per heavy atom. The number of rotatable bonds is 5. The summed E-state index contributed by atoms with van der Waals surface area (Å²) in [5, 5.41) is 8.88. The number of aromatic nitrogens is 3. The first kappa shape index (κ1) is 14.2. The molecule has 19 heavy (non-hydrogen) atoms. The molecule has 0 amide bonds. The highest BCUT2D eigenvalue weighted by Crippen LogP contribution is 2.31. The Labute approximate surface area is 118 Å². The standard InChI is InChI=1S/C14H22N4S/c1-6-15-10(4)13-11(5)17-14(19-13)12-7-16-18(8-12)9(2)3/h7-10,15H,6H2,1-5H3. The van der Waals surface area contributed by atoms with Gasteiger partial charge in [-0.15, -0.1) is 11.3 Å². The molecule has 1 unspecified atom stereocenters. The van der Waals surface area contributed by atoms with Gasteiger partial charge in [0.25, 0.3) is 0 Å². The molecule has 0 aliphatic rings. The summed E-state index contributed by atoms with van der Waals surface area (Å²) in [6, 6.07) is 0.742. The second kappa shape index (κ2) is 5.84. The van der Waals surface area contributed by atoms with Crippen molar-refractivity contribution in [2.45, 2.75) is 46.7 Å². The van der Waals surface area contributed by atoms with E-state index >= 15 is 0 Å². The Hall–Kier alpha value is -1.20. The lowest BCUT2D eigenvalue weighted by atomic mass is 10.2. The third-order valence-corrected chi connectivity index (χ3v) is 4.50. The first-order valence-corrected chi connectivity index (χ1v) is 7.59. The minimum absolute atomic E-state index is 0.358. The van der Waals surface area contributed by atoms with E-state index in [1.807, 2.05) is 10.9 Å². The Bertz CT molecular complexity index is 541. The summed E-state index contributed by atoms with van der Waals surface area (Å²) in [4.78, 5) is 6.00.